The maximum atomic E-state index is 12.2. The third-order valence-electron chi connectivity index (χ3n) is 2.71. The standard InChI is InChI=1S/C8H11BrN4O4S/c1-12-8(7(9)10-11-12)18(16,17)13-3-5(4-13)2-6(14)15/h5H,2-4H2,1H3,(H,14,15). The fraction of sp³-hybridized carbons (Fsp3) is 0.625. The van der Waals surface area contributed by atoms with Crippen LogP contribution < -0.4 is 0 Å². The Balaban J connectivity index is 2.14. The van der Waals surface area contributed by atoms with Crippen molar-refractivity contribution < 1.29 is 18.3 Å². The van der Waals surface area contributed by atoms with E-state index in [0.717, 1.165) is 0 Å². The highest BCUT2D eigenvalue weighted by Gasteiger charge is 2.40. The highest BCUT2D eigenvalue weighted by Crippen LogP contribution is 2.29. The van der Waals surface area contributed by atoms with Gasteiger partial charge in [-0.05, 0) is 21.8 Å². The molecule has 0 unspecified atom stereocenters. The van der Waals surface area contributed by atoms with Gasteiger partial charge in [-0.2, -0.15) is 4.31 Å². The number of rotatable bonds is 4. The minimum Gasteiger partial charge on any atom is -0.481 e. The van der Waals surface area contributed by atoms with E-state index in [4.69, 9.17) is 5.11 Å². The number of aromatic nitrogens is 3. The largest absolute Gasteiger partial charge is 0.481 e. The van der Waals surface area contributed by atoms with Crippen LogP contribution >= 0.6 is 15.9 Å². The number of nitrogens with zero attached hydrogens (tertiary/aromatic N) is 4. The first-order valence-corrected chi connectivity index (χ1v) is 7.32. The van der Waals surface area contributed by atoms with Gasteiger partial charge in [0.1, 0.15) is 0 Å². The quantitative estimate of drug-likeness (QED) is 0.805. The van der Waals surface area contributed by atoms with Gasteiger partial charge in [0, 0.05) is 20.1 Å². The first-order chi connectivity index (χ1) is 8.32. The van der Waals surface area contributed by atoms with Crippen LogP contribution in [0.25, 0.3) is 0 Å². The van der Waals surface area contributed by atoms with Crippen LogP contribution in [0, 0.1) is 5.92 Å². The van der Waals surface area contributed by atoms with Crippen molar-refractivity contribution in [2.45, 2.75) is 11.4 Å². The number of sulfonamides is 1. The van der Waals surface area contributed by atoms with Crippen molar-refractivity contribution >= 4 is 31.9 Å². The van der Waals surface area contributed by atoms with E-state index < -0.39 is 16.0 Å². The van der Waals surface area contributed by atoms with E-state index in [9.17, 15) is 13.2 Å². The molecule has 0 bridgehead atoms. The van der Waals surface area contributed by atoms with E-state index in [1.54, 1.807) is 0 Å². The van der Waals surface area contributed by atoms with Crippen LogP contribution in [0.3, 0.4) is 0 Å². The number of hydrogen-bond donors (Lipinski definition) is 1. The van der Waals surface area contributed by atoms with Gasteiger partial charge in [-0.25, -0.2) is 13.1 Å². The van der Waals surface area contributed by atoms with Crippen molar-refractivity contribution in [2.75, 3.05) is 13.1 Å². The van der Waals surface area contributed by atoms with Gasteiger partial charge < -0.3 is 5.11 Å². The summed E-state index contributed by atoms with van der Waals surface area (Å²) < 4.78 is 26.9. The lowest BCUT2D eigenvalue weighted by atomic mass is 10.00. The first-order valence-electron chi connectivity index (χ1n) is 5.09. The summed E-state index contributed by atoms with van der Waals surface area (Å²) in [6.45, 7) is 0.429. The Bertz CT molecular complexity index is 558. The molecule has 0 aliphatic carbocycles. The van der Waals surface area contributed by atoms with Gasteiger partial charge in [-0.1, -0.05) is 5.21 Å². The molecule has 0 spiro atoms. The maximum absolute atomic E-state index is 12.2. The number of carboxylic acids is 1. The molecular formula is C8H11BrN4O4S. The van der Waals surface area contributed by atoms with Crippen molar-refractivity contribution in [2.24, 2.45) is 13.0 Å². The molecule has 8 nitrogen and oxygen atoms in total. The van der Waals surface area contributed by atoms with Crippen molar-refractivity contribution in [1.29, 1.82) is 0 Å². The predicted octanol–water partition coefficient (Wildman–Crippen LogP) is -0.327. The average Bonchev–Trinajstić information content (AvgIpc) is 2.51. The van der Waals surface area contributed by atoms with Crippen molar-refractivity contribution in [3.8, 4) is 0 Å². The summed E-state index contributed by atoms with van der Waals surface area (Å²) >= 11 is 3.04. The van der Waals surface area contributed by atoms with Gasteiger partial charge in [-0.3, -0.25) is 4.79 Å². The summed E-state index contributed by atoms with van der Waals surface area (Å²) in [6.07, 6.45) is -0.0170. The van der Waals surface area contributed by atoms with Crippen LogP contribution in [0.5, 0.6) is 0 Å². The molecule has 1 aromatic heterocycles. The predicted molar refractivity (Wildman–Crippen MR) is 63.2 cm³/mol. The molecule has 1 aliphatic rings. The number of aliphatic carboxylic acids is 1. The molecule has 10 heteroatoms. The zero-order chi connectivity index (χ0) is 13.5. The molecule has 2 rings (SSSR count). The maximum Gasteiger partial charge on any atom is 0.303 e. The Morgan fingerprint density at radius 3 is 2.61 bits per heavy atom. The second-order valence-electron chi connectivity index (χ2n) is 4.09. The first kappa shape index (κ1) is 13.4. The summed E-state index contributed by atoms with van der Waals surface area (Å²) in [7, 11) is -2.17. The molecule has 1 fully saturated rings. The lowest BCUT2D eigenvalue weighted by Crippen LogP contribution is -2.50. The minimum absolute atomic E-state index is 0.0170. The van der Waals surface area contributed by atoms with Crippen LogP contribution in [0.1, 0.15) is 6.42 Å². The summed E-state index contributed by atoms with van der Waals surface area (Å²) in [6, 6.07) is 0. The van der Waals surface area contributed by atoms with Crippen LogP contribution in [0.2, 0.25) is 0 Å². The number of carboxylic acid groups (broad SMARTS) is 1. The van der Waals surface area contributed by atoms with E-state index in [1.807, 2.05) is 0 Å². The lowest BCUT2D eigenvalue weighted by molar-refractivity contribution is -0.139. The zero-order valence-corrected chi connectivity index (χ0v) is 11.8. The molecule has 1 aromatic rings. The average molecular weight is 339 g/mol. The summed E-state index contributed by atoms with van der Waals surface area (Å²) in [5.74, 6) is -1.04. The monoisotopic (exact) mass is 338 g/mol. The molecular weight excluding hydrogens is 328 g/mol. The second kappa shape index (κ2) is 4.59. The molecule has 2 heterocycles. The summed E-state index contributed by atoms with van der Waals surface area (Å²) in [4.78, 5) is 10.5. The van der Waals surface area contributed by atoms with Crippen LogP contribution in [0.15, 0.2) is 9.63 Å². The Labute approximate surface area is 112 Å². The number of hydrogen-bond acceptors (Lipinski definition) is 5. The van der Waals surface area contributed by atoms with Crippen LogP contribution in [-0.4, -0.2) is 51.9 Å². The highest BCUT2D eigenvalue weighted by atomic mass is 79.9. The molecule has 0 radical (unpaired) electrons. The third kappa shape index (κ3) is 2.27. The van der Waals surface area contributed by atoms with Crippen LogP contribution in [0.4, 0.5) is 0 Å². The van der Waals surface area contributed by atoms with E-state index in [2.05, 4.69) is 26.2 Å². The van der Waals surface area contributed by atoms with Crippen molar-refractivity contribution in [3.63, 3.8) is 0 Å². The normalized spacial score (nSPS) is 17.7. The third-order valence-corrected chi connectivity index (χ3v) is 5.43. The topological polar surface area (TPSA) is 105 Å². The van der Waals surface area contributed by atoms with Crippen molar-refractivity contribution in [3.05, 3.63) is 4.60 Å². The zero-order valence-electron chi connectivity index (χ0n) is 9.45. The molecule has 1 N–H and O–H groups in total. The van der Waals surface area contributed by atoms with E-state index in [-0.39, 0.29) is 35.1 Å². The second-order valence-corrected chi connectivity index (χ2v) is 6.70. The molecule has 0 atom stereocenters. The molecule has 1 aliphatic heterocycles. The Morgan fingerprint density at radius 2 is 2.17 bits per heavy atom. The van der Waals surface area contributed by atoms with Gasteiger partial charge in [0.25, 0.3) is 10.0 Å². The van der Waals surface area contributed by atoms with Gasteiger partial charge in [0.15, 0.2) is 4.60 Å². The van der Waals surface area contributed by atoms with Gasteiger partial charge in [0.2, 0.25) is 5.03 Å². The van der Waals surface area contributed by atoms with Crippen molar-refractivity contribution in [1.82, 2.24) is 19.3 Å². The lowest BCUT2D eigenvalue weighted by Gasteiger charge is -2.36. The fourth-order valence-electron chi connectivity index (χ4n) is 1.81. The molecule has 0 saturated carbocycles. The van der Waals surface area contributed by atoms with Crippen LogP contribution in [-0.2, 0) is 21.9 Å². The smallest absolute Gasteiger partial charge is 0.303 e. The van der Waals surface area contributed by atoms with Gasteiger partial charge in [0.05, 0.1) is 6.42 Å². The molecule has 0 amide bonds. The minimum atomic E-state index is -3.66. The Kier molecular flexibility index (Phi) is 3.43. The van der Waals surface area contributed by atoms with E-state index in [0.29, 0.717) is 0 Å². The van der Waals surface area contributed by atoms with E-state index in [1.165, 1.54) is 16.0 Å². The SMILES string of the molecule is Cn1nnc(Br)c1S(=O)(=O)N1CC(CC(=O)O)C1. The number of halogens is 1. The molecule has 18 heavy (non-hydrogen) atoms. The number of carbonyl (C=O) groups is 1. The Morgan fingerprint density at radius 1 is 1.56 bits per heavy atom. The van der Waals surface area contributed by atoms with Gasteiger partial charge in [-0.15, -0.1) is 5.10 Å². The molecule has 1 saturated heterocycles. The summed E-state index contributed by atoms with van der Waals surface area (Å²) in [5, 5.41) is 15.8. The fourth-order valence-corrected chi connectivity index (χ4v) is 4.44. The molecule has 0 aromatic carbocycles. The highest BCUT2D eigenvalue weighted by molar-refractivity contribution is 9.10. The summed E-state index contributed by atoms with van der Waals surface area (Å²) in [5.41, 5.74) is 0. The number of aryl methyl sites for hydroxylation is 1. The van der Waals surface area contributed by atoms with Gasteiger partial charge >= 0.3 is 5.97 Å². The molecule has 100 valence electrons. The Hall–Kier alpha value is -1.00. The van der Waals surface area contributed by atoms with E-state index >= 15 is 0 Å².